The van der Waals surface area contributed by atoms with Gasteiger partial charge in [0.1, 0.15) is 0 Å². The molecule has 1 heterocycles. The first-order valence-corrected chi connectivity index (χ1v) is 12.3. The maximum Gasteiger partial charge on any atom is 0.192 e. The van der Waals surface area contributed by atoms with Crippen LogP contribution in [-0.2, 0) is 4.79 Å². The highest BCUT2D eigenvalue weighted by Gasteiger charge is 2.47. The standard InChI is InChI=1S/C31H27NO4/c1-18-11-14-20(15-12-18)32-23-9-6-10-24(33)28(23)27(19-13-16-25(35-2)26(17-19)36-3)29-30(32)21-7-4-5-8-22(21)31(29)34/h4-5,7-8,11-17,27H,6,9-10H2,1-3H3. The van der Waals surface area contributed by atoms with Gasteiger partial charge in [-0.3, -0.25) is 9.59 Å². The molecule has 1 unspecified atom stereocenters. The molecule has 2 aliphatic carbocycles. The molecular formula is C31H27NO4. The average molecular weight is 478 g/mol. The van der Waals surface area contributed by atoms with Crippen molar-refractivity contribution in [3.63, 3.8) is 0 Å². The molecule has 0 saturated heterocycles. The number of fused-ring (bicyclic) bond motifs is 2. The monoisotopic (exact) mass is 477 g/mol. The molecule has 3 aliphatic rings. The normalized spacial score (nSPS) is 18.8. The fourth-order valence-electron chi connectivity index (χ4n) is 5.82. The first-order valence-electron chi connectivity index (χ1n) is 12.3. The zero-order chi connectivity index (χ0) is 25.0. The quantitative estimate of drug-likeness (QED) is 0.446. The molecule has 1 atom stereocenters. The number of methoxy groups -OCH3 is 2. The van der Waals surface area contributed by atoms with Crippen molar-refractivity contribution >= 4 is 23.0 Å². The van der Waals surface area contributed by atoms with Crippen LogP contribution < -0.4 is 14.4 Å². The van der Waals surface area contributed by atoms with E-state index in [1.165, 1.54) is 0 Å². The molecular weight excluding hydrogens is 450 g/mol. The predicted molar refractivity (Wildman–Crippen MR) is 140 cm³/mol. The van der Waals surface area contributed by atoms with Gasteiger partial charge in [-0.05, 0) is 49.6 Å². The van der Waals surface area contributed by atoms with Crippen molar-refractivity contribution < 1.29 is 19.1 Å². The highest BCUT2D eigenvalue weighted by Crippen LogP contribution is 2.54. The van der Waals surface area contributed by atoms with E-state index in [4.69, 9.17) is 9.47 Å². The van der Waals surface area contributed by atoms with Crippen LogP contribution in [0.25, 0.3) is 5.70 Å². The molecule has 0 saturated carbocycles. The number of Topliss-reactive ketones (excluding diaryl/α,β-unsaturated/α-hetero) is 2. The van der Waals surface area contributed by atoms with Gasteiger partial charge in [0.25, 0.3) is 0 Å². The molecule has 0 radical (unpaired) electrons. The second-order valence-electron chi connectivity index (χ2n) is 9.49. The number of allylic oxidation sites excluding steroid dienone is 3. The molecule has 3 aromatic rings. The van der Waals surface area contributed by atoms with Gasteiger partial charge >= 0.3 is 0 Å². The molecule has 0 bridgehead atoms. The number of hydrogen-bond acceptors (Lipinski definition) is 5. The number of carbonyl (C=O) groups is 2. The van der Waals surface area contributed by atoms with Gasteiger partial charge in [-0.1, -0.05) is 48.0 Å². The summed E-state index contributed by atoms with van der Waals surface area (Å²) in [6.07, 6.45) is 2.04. The molecule has 0 spiro atoms. The zero-order valence-corrected chi connectivity index (χ0v) is 20.6. The minimum atomic E-state index is -0.468. The molecule has 3 aromatic carbocycles. The summed E-state index contributed by atoms with van der Waals surface area (Å²) in [5, 5.41) is 0. The smallest absolute Gasteiger partial charge is 0.192 e. The SMILES string of the molecule is COc1ccc(C2C3=C(CCCC3=O)N(c3ccc(C)cc3)C3=C2C(=O)c2ccccc23)cc1OC. The lowest BCUT2D eigenvalue weighted by molar-refractivity contribution is -0.116. The second kappa shape index (κ2) is 8.52. The molecule has 0 N–H and O–H groups in total. The number of rotatable bonds is 4. The summed E-state index contributed by atoms with van der Waals surface area (Å²) in [6.45, 7) is 2.06. The van der Waals surface area contributed by atoms with E-state index in [1.807, 2.05) is 42.5 Å². The van der Waals surface area contributed by atoms with E-state index in [0.717, 1.165) is 46.6 Å². The highest BCUT2D eigenvalue weighted by molar-refractivity contribution is 6.25. The zero-order valence-electron chi connectivity index (χ0n) is 20.6. The number of benzene rings is 3. The number of nitrogens with zero attached hydrogens (tertiary/aromatic N) is 1. The Morgan fingerprint density at radius 3 is 2.25 bits per heavy atom. The van der Waals surface area contributed by atoms with Gasteiger partial charge in [-0.25, -0.2) is 0 Å². The summed E-state index contributed by atoms with van der Waals surface area (Å²) in [5.41, 5.74) is 7.80. The lowest BCUT2D eigenvalue weighted by atomic mass is 9.74. The van der Waals surface area contributed by atoms with Crippen molar-refractivity contribution in [1.82, 2.24) is 0 Å². The molecule has 0 aromatic heterocycles. The minimum Gasteiger partial charge on any atom is -0.493 e. The topological polar surface area (TPSA) is 55.8 Å². The third-order valence-corrected chi connectivity index (χ3v) is 7.46. The number of anilines is 1. The van der Waals surface area contributed by atoms with Crippen molar-refractivity contribution in [2.75, 3.05) is 19.1 Å². The Morgan fingerprint density at radius 2 is 1.53 bits per heavy atom. The van der Waals surface area contributed by atoms with Crippen LogP contribution >= 0.6 is 0 Å². The van der Waals surface area contributed by atoms with E-state index in [9.17, 15) is 9.59 Å². The van der Waals surface area contributed by atoms with Crippen LogP contribution in [0.15, 0.2) is 83.6 Å². The fourth-order valence-corrected chi connectivity index (χ4v) is 5.82. The van der Waals surface area contributed by atoms with Crippen molar-refractivity contribution in [2.45, 2.75) is 32.1 Å². The van der Waals surface area contributed by atoms with E-state index in [2.05, 4.69) is 36.1 Å². The minimum absolute atomic E-state index is 0.0255. The van der Waals surface area contributed by atoms with E-state index in [1.54, 1.807) is 14.2 Å². The molecule has 0 amide bonds. The summed E-state index contributed by atoms with van der Waals surface area (Å²) in [4.78, 5) is 29.8. The van der Waals surface area contributed by atoms with E-state index in [0.29, 0.717) is 34.6 Å². The molecule has 0 fully saturated rings. The maximum absolute atomic E-state index is 14.0. The summed E-state index contributed by atoms with van der Waals surface area (Å²) in [7, 11) is 3.19. The van der Waals surface area contributed by atoms with Gasteiger partial charge in [0.2, 0.25) is 0 Å². The Balaban J connectivity index is 1.66. The van der Waals surface area contributed by atoms with Crippen LogP contribution in [0.5, 0.6) is 11.5 Å². The summed E-state index contributed by atoms with van der Waals surface area (Å²) >= 11 is 0. The van der Waals surface area contributed by atoms with E-state index in [-0.39, 0.29) is 11.6 Å². The van der Waals surface area contributed by atoms with Crippen molar-refractivity contribution in [3.8, 4) is 11.5 Å². The van der Waals surface area contributed by atoms with Gasteiger partial charge in [0.05, 0.1) is 19.9 Å². The first kappa shape index (κ1) is 22.4. The Hall–Kier alpha value is -4.12. The van der Waals surface area contributed by atoms with Crippen LogP contribution in [-0.4, -0.2) is 25.8 Å². The molecule has 1 aliphatic heterocycles. The third kappa shape index (κ3) is 3.23. The maximum atomic E-state index is 14.0. The largest absolute Gasteiger partial charge is 0.493 e. The van der Waals surface area contributed by atoms with Crippen LogP contribution in [0.2, 0.25) is 0 Å². The van der Waals surface area contributed by atoms with Crippen molar-refractivity contribution in [2.24, 2.45) is 0 Å². The van der Waals surface area contributed by atoms with Crippen molar-refractivity contribution in [3.05, 3.63) is 106 Å². The fraction of sp³-hybridized carbons (Fsp3) is 0.226. The van der Waals surface area contributed by atoms with Gasteiger partial charge in [0.15, 0.2) is 23.1 Å². The summed E-state index contributed by atoms with van der Waals surface area (Å²) in [6, 6.07) is 21.8. The molecule has 5 heteroatoms. The van der Waals surface area contributed by atoms with Gasteiger partial charge < -0.3 is 14.4 Å². The second-order valence-corrected chi connectivity index (χ2v) is 9.49. The Bertz CT molecular complexity index is 1480. The Morgan fingerprint density at radius 1 is 0.806 bits per heavy atom. The average Bonchev–Trinajstić information content (AvgIpc) is 3.20. The van der Waals surface area contributed by atoms with Gasteiger partial charge in [-0.15, -0.1) is 0 Å². The molecule has 6 rings (SSSR count). The summed E-state index contributed by atoms with van der Waals surface area (Å²) in [5.74, 6) is 0.791. The Kier molecular flexibility index (Phi) is 5.29. The molecule has 5 nitrogen and oxygen atoms in total. The molecule has 180 valence electrons. The van der Waals surface area contributed by atoms with Gasteiger partial charge in [0, 0.05) is 46.0 Å². The van der Waals surface area contributed by atoms with Gasteiger partial charge in [-0.2, -0.15) is 0 Å². The van der Waals surface area contributed by atoms with Crippen molar-refractivity contribution in [1.29, 1.82) is 0 Å². The Labute approximate surface area is 210 Å². The first-order chi connectivity index (χ1) is 17.5. The van der Waals surface area contributed by atoms with Crippen LogP contribution in [0.3, 0.4) is 0 Å². The van der Waals surface area contributed by atoms with Crippen LogP contribution in [0.1, 0.15) is 52.2 Å². The van der Waals surface area contributed by atoms with E-state index >= 15 is 0 Å². The number of hydrogen-bond donors (Lipinski definition) is 0. The number of ether oxygens (including phenoxy) is 2. The van der Waals surface area contributed by atoms with E-state index < -0.39 is 5.92 Å². The summed E-state index contributed by atoms with van der Waals surface area (Å²) < 4.78 is 11.1. The highest BCUT2D eigenvalue weighted by atomic mass is 16.5. The third-order valence-electron chi connectivity index (χ3n) is 7.46. The lowest BCUT2D eigenvalue weighted by Crippen LogP contribution is -2.35. The number of ketones is 2. The number of carbonyl (C=O) groups excluding carboxylic acids is 2. The number of aryl methyl sites for hydroxylation is 1. The molecule has 36 heavy (non-hydrogen) atoms. The predicted octanol–water partition coefficient (Wildman–Crippen LogP) is 6.23. The van der Waals surface area contributed by atoms with Crippen LogP contribution in [0, 0.1) is 6.92 Å². The van der Waals surface area contributed by atoms with Crippen LogP contribution in [0.4, 0.5) is 5.69 Å². The lowest BCUT2D eigenvalue weighted by Gasteiger charge is -2.40.